The number of methoxy groups -OCH3 is 1. The van der Waals surface area contributed by atoms with Gasteiger partial charge in [0.15, 0.2) is 4.90 Å². The van der Waals surface area contributed by atoms with Gasteiger partial charge in [0.2, 0.25) is 5.91 Å². The minimum atomic E-state index is -4.32. The Kier molecular flexibility index (Phi) is 5.68. The number of halogens is 1. The van der Waals surface area contributed by atoms with Crippen molar-refractivity contribution in [1.82, 2.24) is 4.90 Å². The molecule has 2 fully saturated rings. The summed E-state index contributed by atoms with van der Waals surface area (Å²) in [6.45, 7) is 1.78. The van der Waals surface area contributed by atoms with E-state index >= 15 is 0 Å². The van der Waals surface area contributed by atoms with Crippen molar-refractivity contribution >= 4 is 27.3 Å². The molecule has 2 heterocycles. The Morgan fingerprint density at radius 2 is 1.91 bits per heavy atom. The molecule has 10 heteroatoms. The van der Waals surface area contributed by atoms with Crippen molar-refractivity contribution in [3.63, 3.8) is 0 Å². The van der Waals surface area contributed by atoms with Gasteiger partial charge in [-0.05, 0) is 56.5 Å². The minimum Gasteiger partial charge on any atom is -0.495 e. The summed E-state index contributed by atoms with van der Waals surface area (Å²) >= 11 is 0. The number of anilines is 2. The molecule has 8 nitrogen and oxygen atoms in total. The van der Waals surface area contributed by atoms with Crippen molar-refractivity contribution in [2.75, 3.05) is 37.3 Å². The van der Waals surface area contributed by atoms with Crippen molar-refractivity contribution < 1.29 is 27.1 Å². The average Bonchev–Trinajstić information content (AvgIpc) is 3.07. The molecule has 2 aliphatic heterocycles. The summed E-state index contributed by atoms with van der Waals surface area (Å²) in [5.41, 5.74) is 0.884. The van der Waals surface area contributed by atoms with E-state index in [1.165, 1.54) is 19.2 Å². The Morgan fingerprint density at radius 1 is 1.18 bits per heavy atom. The lowest BCUT2D eigenvalue weighted by molar-refractivity contribution is -0.123. The van der Waals surface area contributed by atoms with Gasteiger partial charge in [0.05, 0.1) is 23.9 Å². The van der Waals surface area contributed by atoms with Crippen LogP contribution >= 0.6 is 0 Å². The van der Waals surface area contributed by atoms with Gasteiger partial charge >= 0.3 is 0 Å². The first-order chi connectivity index (χ1) is 16.2. The molecule has 0 unspecified atom stereocenters. The van der Waals surface area contributed by atoms with E-state index in [9.17, 15) is 17.6 Å². The van der Waals surface area contributed by atoms with Gasteiger partial charge in [0, 0.05) is 19.2 Å². The number of hydrogen-bond donors (Lipinski definition) is 2. The number of fused-ring (bicyclic) bond motifs is 2. The number of nitrogens with one attached hydrogen (secondary N) is 2. The fourth-order valence-corrected chi connectivity index (χ4v) is 6.33. The van der Waals surface area contributed by atoms with Gasteiger partial charge in [0.25, 0.3) is 10.0 Å². The van der Waals surface area contributed by atoms with Gasteiger partial charge < -0.3 is 19.7 Å². The Hall–Kier alpha value is -2.85. The molecule has 1 saturated carbocycles. The highest BCUT2D eigenvalue weighted by Gasteiger charge is 2.52. The van der Waals surface area contributed by atoms with Crippen LogP contribution in [-0.2, 0) is 20.2 Å². The van der Waals surface area contributed by atoms with Crippen LogP contribution in [0.25, 0.3) is 0 Å². The highest BCUT2D eigenvalue weighted by molar-refractivity contribution is 7.92. The lowest BCUT2D eigenvalue weighted by Gasteiger charge is -2.36. The van der Waals surface area contributed by atoms with Crippen LogP contribution in [0.1, 0.15) is 37.7 Å². The van der Waals surface area contributed by atoms with Crippen molar-refractivity contribution in [3.8, 4) is 11.5 Å². The number of likely N-dealkylation sites (tertiary alicyclic amines) is 1. The first-order valence-corrected chi connectivity index (χ1v) is 12.9. The second-order valence-electron chi connectivity index (χ2n) is 9.28. The molecule has 0 radical (unpaired) electrons. The third-order valence-electron chi connectivity index (χ3n) is 7.13. The van der Waals surface area contributed by atoms with Gasteiger partial charge in [-0.25, -0.2) is 12.8 Å². The number of benzene rings is 2. The van der Waals surface area contributed by atoms with Gasteiger partial charge in [-0.1, -0.05) is 12.5 Å². The second-order valence-corrected chi connectivity index (χ2v) is 10.9. The van der Waals surface area contributed by atoms with Crippen molar-refractivity contribution in [3.05, 3.63) is 41.7 Å². The highest BCUT2D eigenvalue weighted by Crippen LogP contribution is 2.54. The number of rotatable bonds is 6. The third-order valence-corrected chi connectivity index (χ3v) is 8.57. The van der Waals surface area contributed by atoms with Crippen LogP contribution in [0.4, 0.5) is 15.8 Å². The first-order valence-electron chi connectivity index (χ1n) is 11.4. The second kappa shape index (κ2) is 8.42. The smallest absolute Gasteiger partial charge is 0.268 e. The maximum absolute atomic E-state index is 14.5. The molecule has 0 atom stereocenters. The largest absolute Gasteiger partial charge is 0.495 e. The summed E-state index contributed by atoms with van der Waals surface area (Å²) in [6, 6.07) is 7.08. The van der Waals surface area contributed by atoms with Crippen LogP contribution in [-0.4, -0.2) is 52.6 Å². The molecular weight excluding hydrogens is 461 g/mol. The van der Waals surface area contributed by atoms with Crippen LogP contribution in [0.2, 0.25) is 0 Å². The molecular formula is C24H28FN3O5S. The van der Waals surface area contributed by atoms with Gasteiger partial charge in [0.1, 0.15) is 23.4 Å². The summed E-state index contributed by atoms with van der Waals surface area (Å²) < 4.78 is 54.8. The topological polar surface area (TPSA) is 97.0 Å². The van der Waals surface area contributed by atoms with E-state index in [4.69, 9.17) is 9.47 Å². The van der Waals surface area contributed by atoms with E-state index in [2.05, 4.69) is 22.0 Å². The molecule has 182 valence electrons. The number of piperidine rings is 1. The summed E-state index contributed by atoms with van der Waals surface area (Å²) in [6.07, 6.45) is 3.90. The number of hydrogen-bond acceptors (Lipinski definition) is 6. The first kappa shape index (κ1) is 22.9. The average molecular weight is 490 g/mol. The van der Waals surface area contributed by atoms with Crippen LogP contribution in [0.15, 0.2) is 35.2 Å². The number of carbonyl (C=O) groups is 1. The Morgan fingerprint density at radius 3 is 2.56 bits per heavy atom. The van der Waals surface area contributed by atoms with Crippen molar-refractivity contribution in [2.45, 2.75) is 48.5 Å². The predicted molar refractivity (Wildman–Crippen MR) is 126 cm³/mol. The number of sulfonamides is 1. The third kappa shape index (κ3) is 3.78. The molecule has 2 N–H and O–H groups in total. The summed E-state index contributed by atoms with van der Waals surface area (Å²) in [5, 5.41) is 2.97. The molecule has 34 heavy (non-hydrogen) atoms. The number of carbonyl (C=O) groups excluding carboxylic acids is 1. The molecule has 0 aromatic heterocycles. The Balaban J connectivity index is 1.54. The fraction of sp³-hybridized carbons (Fsp3) is 0.458. The van der Waals surface area contributed by atoms with E-state index in [0.29, 0.717) is 24.3 Å². The number of amides is 1. The van der Waals surface area contributed by atoms with E-state index < -0.39 is 26.2 Å². The lowest BCUT2D eigenvalue weighted by Crippen LogP contribution is -2.40. The summed E-state index contributed by atoms with van der Waals surface area (Å²) in [7, 11) is -0.976. The minimum absolute atomic E-state index is 0.0475. The monoisotopic (exact) mass is 489 g/mol. The van der Waals surface area contributed by atoms with E-state index in [0.717, 1.165) is 44.0 Å². The molecule has 1 aliphatic carbocycles. The molecule has 0 bridgehead atoms. The molecule has 5 rings (SSSR count). The number of nitrogens with zero attached hydrogens (tertiary/aromatic N) is 1. The van der Waals surface area contributed by atoms with E-state index in [1.54, 1.807) is 12.1 Å². The fourth-order valence-electron chi connectivity index (χ4n) is 5.05. The zero-order chi connectivity index (χ0) is 24.1. The molecule has 1 amide bonds. The van der Waals surface area contributed by atoms with Crippen molar-refractivity contribution in [1.29, 1.82) is 0 Å². The predicted octanol–water partition coefficient (Wildman–Crippen LogP) is 3.48. The quantitative estimate of drug-likeness (QED) is 0.645. The normalized spacial score (nSPS) is 19.9. The molecule has 1 spiro atoms. The van der Waals surface area contributed by atoms with Crippen LogP contribution in [0.5, 0.6) is 11.5 Å². The Bertz CT molecular complexity index is 1240. The summed E-state index contributed by atoms with van der Waals surface area (Å²) in [4.78, 5) is 14.5. The van der Waals surface area contributed by atoms with Crippen molar-refractivity contribution in [2.24, 2.45) is 0 Å². The van der Waals surface area contributed by atoms with Gasteiger partial charge in [-0.2, -0.15) is 0 Å². The maximum Gasteiger partial charge on any atom is 0.268 e. The van der Waals surface area contributed by atoms with Crippen LogP contribution in [0.3, 0.4) is 0 Å². The van der Waals surface area contributed by atoms with Gasteiger partial charge in [-0.3, -0.25) is 9.52 Å². The molecule has 2 aromatic rings. The zero-order valence-corrected chi connectivity index (χ0v) is 20.0. The Labute approximate surface area is 198 Å². The SMILES string of the molecule is COc1cccc(F)c1S(=O)(=O)Nc1cc(OC2CCN(C)CC2)c2c(c1)C1(CCC1)C(=O)N2. The van der Waals surface area contributed by atoms with E-state index in [-0.39, 0.29) is 23.4 Å². The molecule has 2 aromatic carbocycles. The van der Waals surface area contributed by atoms with Crippen LogP contribution in [0, 0.1) is 5.82 Å². The summed E-state index contributed by atoms with van der Waals surface area (Å²) in [5.74, 6) is -0.660. The molecule has 3 aliphatic rings. The number of ether oxygens (including phenoxy) is 2. The highest BCUT2D eigenvalue weighted by atomic mass is 32.2. The van der Waals surface area contributed by atoms with Gasteiger partial charge in [-0.15, -0.1) is 0 Å². The van der Waals surface area contributed by atoms with Crippen LogP contribution < -0.4 is 19.5 Å². The molecule has 1 saturated heterocycles. The zero-order valence-electron chi connectivity index (χ0n) is 19.2. The standard InChI is InChI=1S/C24H28FN3O5S/c1-28-11-7-16(8-12-28)33-20-14-15(13-17-21(20)26-23(29)24(17)9-4-10-24)27-34(30,31)22-18(25)5-3-6-19(22)32-2/h3,5-6,13-14,16,27H,4,7-12H2,1-2H3,(H,26,29). The lowest BCUT2D eigenvalue weighted by atomic mass is 9.65. The van der Waals surface area contributed by atoms with E-state index in [1.807, 2.05) is 0 Å². The maximum atomic E-state index is 14.5.